The number of fused-ring (bicyclic) bond motifs is 1. The number of nitrogens with zero attached hydrogens (tertiary/aromatic N) is 4. The summed E-state index contributed by atoms with van der Waals surface area (Å²) in [5.41, 5.74) is 15.9. The summed E-state index contributed by atoms with van der Waals surface area (Å²) >= 11 is 0. The number of aromatic hydroxyl groups is 1. The Balaban J connectivity index is 1.22. The maximum Gasteiger partial charge on any atom is 0.149 e. The highest BCUT2D eigenvalue weighted by Crippen LogP contribution is 2.40. The minimum absolute atomic E-state index is 0.173. The minimum Gasteiger partial charge on any atom is -0.507 e. The Hall–Kier alpha value is -7.11. The maximum absolute atomic E-state index is 11.1. The van der Waals surface area contributed by atoms with Crippen molar-refractivity contribution in [3.8, 4) is 78.6 Å². The molecule has 6 aromatic carbocycles. The second-order valence-corrected chi connectivity index (χ2v) is 13.7. The lowest BCUT2D eigenvalue weighted by atomic mass is 9.93. The standard InChI is InChI=1S/C49H36N4O/c1-32-18-23-47(54)43(24-32)49-52-48-44(30-50-31-46(48)53(49)41-16-10-5-11-17-41)39-25-38(35-14-8-4-9-15-35)26-40(27-39)45-28-42(33(2)29-51-45)37-21-19-36(20-22-37)34-12-6-3-7-13-34/h3-31,54H,1-2H3. The lowest BCUT2D eigenvalue weighted by molar-refractivity contribution is 0.476. The lowest BCUT2D eigenvalue weighted by Gasteiger charge is -2.13. The molecule has 0 fully saturated rings. The number of pyridine rings is 2. The Morgan fingerprint density at radius 3 is 1.81 bits per heavy atom. The summed E-state index contributed by atoms with van der Waals surface area (Å²) in [5.74, 6) is 0.820. The van der Waals surface area contributed by atoms with E-state index in [0.29, 0.717) is 11.4 Å². The molecule has 54 heavy (non-hydrogen) atoms. The van der Waals surface area contributed by atoms with Gasteiger partial charge in [0.2, 0.25) is 0 Å². The van der Waals surface area contributed by atoms with Crippen LogP contribution in [0.3, 0.4) is 0 Å². The first kappa shape index (κ1) is 32.8. The summed E-state index contributed by atoms with van der Waals surface area (Å²) in [5, 5.41) is 11.1. The van der Waals surface area contributed by atoms with Crippen LogP contribution < -0.4 is 0 Å². The molecule has 1 N–H and O–H groups in total. The van der Waals surface area contributed by atoms with E-state index in [9.17, 15) is 5.11 Å². The molecule has 0 saturated carbocycles. The largest absolute Gasteiger partial charge is 0.507 e. The van der Waals surface area contributed by atoms with Crippen LogP contribution in [0.2, 0.25) is 0 Å². The first-order chi connectivity index (χ1) is 26.5. The normalized spacial score (nSPS) is 11.2. The number of benzene rings is 6. The van der Waals surface area contributed by atoms with E-state index in [1.54, 1.807) is 6.07 Å². The Labute approximate surface area is 314 Å². The van der Waals surface area contributed by atoms with Gasteiger partial charge in [0.05, 0.1) is 23.0 Å². The Morgan fingerprint density at radius 1 is 0.481 bits per heavy atom. The van der Waals surface area contributed by atoms with Crippen molar-refractivity contribution in [1.82, 2.24) is 19.5 Å². The molecule has 0 spiro atoms. The van der Waals surface area contributed by atoms with Crippen molar-refractivity contribution in [2.45, 2.75) is 13.8 Å². The first-order valence-corrected chi connectivity index (χ1v) is 18.1. The summed E-state index contributed by atoms with van der Waals surface area (Å²) in [4.78, 5) is 15.1. The Kier molecular flexibility index (Phi) is 8.37. The predicted molar refractivity (Wildman–Crippen MR) is 220 cm³/mol. The van der Waals surface area contributed by atoms with Gasteiger partial charge in [0.15, 0.2) is 0 Å². The van der Waals surface area contributed by atoms with Crippen LogP contribution in [0, 0.1) is 13.8 Å². The van der Waals surface area contributed by atoms with Crippen LogP contribution in [0.5, 0.6) is 5.75 Å². The summed E-state index contributed by atoms with van der Waals surface area (Å²) in [6.45, 7) is 4.13. The van der Waals surface area contributed by atoms with Crippen molar-refractivity contribution >= 4 is 11.0 Å². The molecular formula is C49H36N4O. The van der Waals surface area contributed by atoms with E-state index in [-0.39, 0.29) is 5.75 Å². The highest BCUT2D eigenvalue weighted by molar-refractivity contribution is 5.97. The Morgan fingerprint density at radius 2 is 1.09 bits per heavy atom. The third kappa shape index (κ3) is 6.12. The van der Waals surface area contributed by atoms with Crippen LogP contribution in [0.1, 0.15) is 11.1 Å². The van der Waals surface area contributed by atoms with Crippen molar-refractivity contribution in [3.05, 3.63) is 187 Å². The number of hydrogen-bond acceptors (Lipinski definition) is 4. The quantitative estimate of drug-likeness (QED) is 0.180. The van der Waals surface area contributed by atoms with Gasteiger partial charge in [-0.2, -0.15) is 0 Å². The van der Waals surface area contributed by atoms with Crippen molar-refractivity contribution in [1.29, 1.82) is 0 Å². The van der Waals surface area contributed by atoms with Crippen LogP contribution in [0.15, 0.2) is 176 Å². The number of phenols is 1. The fourth-order valence-electron chi connectivity index (χ4n) is 7.25. The molecule has 0 saturated heterocycles. The Bertz CT molecular complexity index is 2770. The van der Waals surface area contributed by atoms with Gasteiger partial charge in [-0.15, -0.1) is 0 Å². The summed E-state index contributed by atoms with van der Waals surface area (Å²) in [6, 6.07) is 54.2. The first-order valence-electron chi connectivity index (χ1n) is 18.1. The van der Waals surface area contributed by atoms with Crippen LogP contribution in [0.25, 0.3) is 83.9 Å². The molecule has 5 heteroatoms. The zero-order valence-electron chi connectivity index (χ0n) is 30.0. The number of aromatic nitrogens is 4. The van der Waals surface area contributed by atoms with Gasteiger partial charge in [-0.25, -0.2) is 4.98 Å². The molecule has 258 valence electrons. The van der Waals surface area contributed by atoms with E-state index < -0.39 is 0 Å². The van der Waals surface area contributed by atoms with Crippen LogP contribution >= 0.6 is 0 Å². The lowest BCUT2D eigenvalue weighted by Crippen LogP contribution is -1.98. The monoisotopic (exact) mass is 696 g/mol. The summed E-state index contributed by atoms with van der Waals surface area (Å²) in [6.07, 6.45) is 5.71. The van der Waals surface area contributed by atoms with Crippen molar-refractivity contribution < 1.29 is 5.11 Å². The van der Waals surface area contributed by atoms with Gasteiger partial charge >= 0.3 is 0 Å². The van der Waals surface area contributed by atoms with Gasteiger partial charge in [0, 0.05) is 29.2 Å². The van der Waals surface area contributed by atoms with Crippen molar-refractivity contribution in [2.24, 2.45) is 0 Å². The van der Waals surface area contributed by atoms with Crippen LogP contribution in [-0.4, -0.2) is 24.6 Å². The van der Waals surface area contributed by atoms with Gasteiger partial charge in [-0.05, 0) is 107 Å². The molecule has 0 aliphatic heterocycles. The van der Waals surface area contributed by atoms with E-state index in [2.05, 4.69) is 109 Å². The third-order valence-electron chi connectivity index (χ3n) is 10.0. The zero-order chi connectivity index (χ0) is 36.6. The molecule has 0 radical (unpaired) electrons. The van der Waals surface area contributed by atoms with Crippen molar-refractivity contribution in [2.75, 3.05) is 0 Å². The maximum atomic E-state index is 11.1. The molecule has 9 aromatic rings. The van der Waals surface area contributed by atoms with Crippen LogP contribution in [-0.2, 0) is 0 Å². The molecule has 0 bridgehead atoms. The van der Waals surface area contributed by atoms with E-state index in [0.717, 1.165) is 72.5 Å². The average Bonchev–Trinajstić information content (AvgIpc) is 3.62. The number of imidazole rings is 1. The van der Waals surface area contributed by atoms with Crippen molar-refractivity contribution in [3.63, 3.8) is 0 Å². The molecule has 9 rings (SSSR count). The topological polar surface area (TPSA) is 63.8 Å². The molecule has 0 aliphatic rings. The van der Waals surface area contributed by atoms with E-state index >= 15 is 0 Å². The highest BCUT2D eigenvalue weighted by Gasteiger charge is 2.21. The molecule has 0 unspecified atom stereocenters. The number of rotatable bonds is 7. The third-order valence-corrected chi connectivity index (χ3v) is 10.0. The molecule has 0 aliphatic carbocycles. The van der Waals surface area contributed by atoms with E-state index in [4.69, 9.17) is 15.0 Å². The second-order valence-electron chi connectivity index (χ2n) is 13.7. The number of para-hydroxylation sites is 1. The highest BCUT2D eigenvalue weighted by atomic mass is 16.3. The van der Waals surface area contributed by atoms with E-state index in [1.807, 2.05) is 80.1 Å². The fourth-order valence-corrected chi connectivity index (χ4v) is 7.25. The van der Waals surface area contributed by atoms with Gasteiger partial charge < -0.3 is 5.11 Å². The van der Waals surface area contributed by atoms with Gasteiger partial charge in [-0.3, -0.25) is 14.5 Å². The molecule has 5 nitrogen and oxygen atoms in total. The number of aryl methyl sites for hydroxylation is 2. The van der Waals surface area contributed by atoms with Gasteiger partial charge in [0.25, 0.3) is 0 Å². The summed E-state index contributed by atoms with van der Waals surface area (Å²) in [7, 11) is 0. The zero-order valence-corrected chi connectivity index (χ0v) is 30.0. The number of hydrogen-bond donors (Lipinski definition) is 1. The molecule has 3 heterocycles. The molecular weight excluding hydrogens is 661 g/mol. The average molecular weight is 697 g/mol. The smallest absolute Gasteiger partial charge is 0.149 e. The predicted octanol–water partition coefficient (Wildman–Crippen LogP) is 12.1. The van der Waals surface area contributed by atoms with E-state index in [1.165, 1.54) is 11.1 Å². The SMILES string of the molecule is Cc1ccc(O)c(-c2nc3c(-c4cc(-c5ccccc5)cc(-c5cc(-c6ccc(-c7ccccc7)cc6)c(C)cn5)c4)cncc3n2-c2ccccc2)c1. The van der Waals surface area contributed by atoms with Gasteiger partial charge in [-0.1, -0.05) is 115 Å². The molecule has 0 amide bonds. The van der Waals surface area contributed by atoms with Gasteiger partial charge in [0.1, 0.15) is 17.1 Å². The second kappa shape index (κ2) is 13.8. The number of phenolic OH excluding ortho intramolecular Hbond substituents is 1. The molecule has 0 atom stereocenters. The van der Waals surface area contributed by atoms with Crippen LogP contribution in [0.4, 0.5) is 0 Å². The molecule has 3 aromatic heterocycles. The fraction of sp³-hybridized carbons (Fsp3) is 0.0408. The summed E-state index contributed by atoms with van der Waals surface area (Å²) < 4.78 is 2.08. The minimum atomic E-state index is 0.173.